The fraction of sp³-hybridized carbons (Fsp3) is 0.333. The number of carboxylic acid groups (broad SMARTS) is 1. The number of benzene rings is 1. The van der Waals surface area contributed by atoms with Crippen LogP contribution in [0.2, 0.25) is 0 Å². The number of rotatable bonds is 3. The van der Waals surface area contributed by atoms with E-state index in [0.717, 1.165) is 12.0 Å². The third-order valence-corrected chi connectivity index (χ3v) is 2.55. The van der Waals surface area contributed by atoms with E-state index in [1.54, 1.807) is 12.1 Å². The van der Waals surface area contributed by atoms with E-state index in [2.05, 4.69) is 5.32 Å². The molecule has 0 spiro atoms. The van der Waals surface area contributed by atoms with Crippen LogP contribution in [0.15, 0.2) is 24.3 Å². The van der Waals surface area contributed by atoms with Gasteiger partial charge in [0.25, 0.3) is 0 Å². The number of nitrogens with one attached hydrogen (secondary N) is 1. The summed E-state index contributed by atoms with van der Waals surface area (Å²) in [5, 5.41) is 10.9. The molecule has 0 fully saturated rings. The van der Waals surface area contributed by atoms with Crippen molar-refractivity contribution >= 4 is 17.6 Å². The molecule has 1 amide bonds. The molecular weight excluding hydrogens is 206 g/mol. The molecule has 2 N–H and O–H groups in total. The van der Waals surface area contributed by atoms with Crippen LogP contribution in [0.3, 0.4) is 0 Å². The van der Waals surface area contributed by atoms with Crippen LogP contribution in [-0.2, 0) is 9.59 Å². The van der Waals surface area contributed by atoms with Crippen molar-refractivity contribution in [3.63, 3.8) is 0 Å². The number of amides is 1. The van der Waals surface area contributed by atoms with Gasteiger partial charge in [-0.1, -0.05) is 32.0 Å². The Morgan fingerprint density at radius 1 is 1.38 bits per heavy atom. The minimum atomic E-state index is -1.47. The molecule has 1 aromatic rings. The number of aliphatic carboxylic acids is 1. The van der Waals surface area contributed by atoms with E-state index in [1.165, 1.54) is 0 Å². The van der Waals surface area contributed by atoms with Crippen LogP contribution in [0.4, 0.5) is 5.69 Å². The molecule has 1 aromatic carbocycles. The zero-order valence-electron chi connectivity index (χ0n) is 9.36. The van der Waals surface area contributed by atoms with Crippen molar-refractivity contribution in [2.45, 2.75) is 26.2 Å². The summed E-state index contributed by atoms with van der Waals surface area (Å²) in [6, 6.07) is 7.25. The fourth-order valence-electron chi connectivity index (χ4n) is 1.44. The van der Waals surface area contributed by atoms with Crippen molar-refractivity contribution in [1.29, 1.82) is 0 Å². The molecule has 0 bridgehead atoms. The van der Waals surface area contributed by atoms with E-state index in [0.29, 0.717) is 5.69 Å². The molecule has 0 aliphatic heterocycles. The quantitative estimate of drug-likeness (QED) is 0.769. The first kappa shape index (κ1) is 12.2. The summed E-state index contributed by atoms with van der Waals surface area (Å²) in [7, 11) is 0. The Kier molecular flexibility index (Phi) is 4.05. The molecule has 86 valence electrons. The van der Waals surface area contributed by atoms with Crippen molar-refractivity contribution in [2.24, 2.45) is 0 Å². The average molecular weight is 221 g/mol. The molecule has 4 heteroatoms. The van der Waals surface area contributed by atoms with E-state index in [4.69, 9.17) is 5.11 Å². The third-order valence-electron chi connectivity index (χ3n) is 2.55. The minimum absolute atomic E-state index is 0.283. The van der Waals surface area contributed by atoms with Gasteiger partial charge in [-0.05, 0) is 24.0 Å². The minimum Gasteiger partial charge on any atom is -0.474 e. The molecule has 0 aliphatic rings. The molecule has 0 radical (unpaired) electrons. The molecule has 0 aromatic heterocycles. The third kappa shape index (κ3) is 2.82. The van der Waals surface area contributed by atoms with Crippen molar-refractivity contribution in [1.82, 2.24) is 0 Å². The van der Waals surface area contributed by atoms with E-state index >= 15 is 0 Å². The van der Waals surface area contributed by atoms with Gasteiger partial charge in [0, 0.05) is 5.69 Å². The topological polar surface area (TPSA) is 66.4 Å². The van der Waals surface area contributed by atoms with Gasteiger partial charge in [-0.2, -0.15) is 0 Å². The number of carbonyl (C=O) groups is 2. The predicted octanol–water partition coefficient (Wildman–Crippen LogP) is 2.22. The van der Waals surface area contributed by atoms with Gasteiger partial charge >= 0.3 is 11.9 Å². The van der Waals surface area contributed by atoms with Crippen molar-refractivity contribution < 1.29 is 14.7 Å². The van der Waals surface area contributed by atoms with Gasteiger partial charge in [0.2, 0.25) is 0 Å². The molecule has 1 unspecified atom stereocenters. The normalized spacial score (nSPS) is 11.9. The first-order valence-corrected chi connectivity index (χ1v) is 5.19. The zero-order chi connectivity index (χ0) is 12.1. The Hall–Kier alpha value is -1.84. The lowest BCUT2D eigenvalue weighted by Gasteiger charge is -2.14. The van der Waals surface area contributed by atoms with Crippen molar-refractivity contribution in [3.8, 4) is 0 Å². The summed E-state index contributed by atoms with van der Waals surface area (Å²) in [4.78, 5) is 21.5. The van der Waals surface area contributed by atoms with Gasteiger partial charge in [0.1, 0.15) is 0 Å². The summed E-state index contributed by atoms with van der Waals surface area (Å²) in [5.41, 5.74) is 1.53. The Bertz CT molecular complexity index is 401. The van der Waals surface area contributed by atoms with Crippen LogP contribution in [0.1, 0.15) is 31.7 Å². The number of hydrogen-bond donors (Lipinski definition) is 2. The Morgan fingerprint density at radius 2 is 2.00 bits per heavy atom. The number of anilines is 1. The van der Waals surface area contributed by atoms with E-state index in [-0.39, 0.29) is 5.92 Å². The Balaban J connectivity index is 2.95. The molecule has 0 heterocycles. The maximum absolute atomic E-state index is 11.1. The molecule has 0 aliphatic carbocycles. The number of carboxylic acids is 1. The largest absolute Gasteiger partial charge is 0.474 e. The molecule has 1 rings (SSSR count). The van der Waals surface area contributed by atoms with Crippen LogP contribution >= 0.6 is 0 Å². The number of carbonyl (C=O) groups excluding carboxylic acids is 1. The highest BCUT2D eigenvalue weighted by molar-refractivity contribution is 6.36. The molecule has 0 saturated carbocycles. The SMILES string of the molecule is CCC(C)c1ccccc1NC(=O)C(=O)O. The highest BCUT2D eigenvalue weighted by Crippen LogP contribution is 2.26. The first-order chi connectivity index (χ1) is 7.56. The van der Waals surface area contributed by atoms with Crippen LogP contribution in [0.5, 0.6) is 0 Å². The summed E-state index contributed by atoms with van der Waals surface area (Å²) in [5.74, 6) is -2.19. The van der Waals surface area contributed by atoms with Crippen LogP contribution < -0.4 is 5.32 Å². The van der Waals surface area contributed by atoms with Crippen LogP contribution in [0, 0.1) is 0 Å². The molecule has 4 nitrogen and oxygen atoms in total. The van der Waals surface area contributed by atoms with Crippen LogP contribution in [0.25, 0.3) is 0 Å². The van der Waals surface area contributed by atoms with Gasteiger partial charge in [0.15, 0.2) is 0 Å². The summed E-state index contributed by atoms with van der Waals surface area (Å²) in [6.07, 6.45) is 0.931. The summed E-state index contributed by atoms with van der Waals surface area (Å²) in [6.45, 7) is 4.08. The van der Waals surface area contributed by atoms with Gasteiger partial charge in [-0.15, -0.1) is 0 Å². The standard InChI is InChI=1S/C12H15NO3/c1-3-8(2)9-6-4-5-7-10(9)13-11(14)12(15)16/h4-8H,3H2,1-2H3,(H,13,14)(H,15,16). The van der Waals surface area contributed by atoms with E-state index < -0.39 is 11.9 Å². The lowest BCUT2D eigenvalue weighted by Crippen LogP contribution is -2.22. The lowest BCUT2D eigenvalue weighted by molar-refractivity contribution is -0.147. The van der Waals surface area contributed by atoms with E-state index in [9.17, 15) is 9.59 Å². The Labute approximate surface area is 94.3 Å². The summed E-state index contributed by atoms with van der Waals surface area (Å²) < 4.78 is 0. The van der Waals surface area contributed by atoms with Crippen molar-refractivity contribution in [3.05, 3.63) is 29.8 Å². The van der Waals surface area contributed by atoms with Gasteiger partial charge in [0.05, 0.1) is 0 Å². The van der Waals surface area contributed by atoms with E-state index in [1.807, 2.05) is 26.0 Å². The molecule has 0 saturated heterocycles. The number of hydrogen-bond acceptors (Lipinski definition) is 2. The average Bonchev–Trinajstić information content (AvgIpc) is 2.28. The van der Waals surface area contributed by atoms with Crippen LogP contribution in [-0.4, -0.2) is 17.0 Å². The maximum atomic E-state index is 11.1. The monoisotopic (exact) mass is 221 g/mol. The highest BCUT2D eigenvalue weighted by Gasteiger charge is 2.15. The fourth-order valence-corrected chi connectivity index (χ4v) is 1.44. The molecular formula is C12H15NO3. The lowest BCUT2D eigenvalue weighted by atomic mass is 9.97. The highest BCUT2D eigenvalue weighted by atomic mass is 16.4. The smallest absolute Gasteiger partial charge is 0.394 e. The molecule has 1 atom stereocenters. The Morgan fingerprint density at radius 3 is 2.56 bits per heavy atom. The predicted molar refractivity (Wildman–Crippen MR) is 61.4 cm³/mol. The van der Waals surface area contributed by atoms with Gasteiger partial charge < -0.3 is 10.4 Å². The molecule has 16 heavy (non-hydrogen) atoms. The second-order valence-electron chi connectivity index (χ2n) is 3.66. The maximum Gasteiger partial charge on any atom is 0.394 e. The number of para-hydroxylation sites is 1. The van der Waals surface area contributed by atoms with Gasteiger partial charge in [-0.3, -0.25) is 4.79 Å². The second kappa shape index (κ2) is 5.30. The second-order valence-corrected chi connectivity index (χ2v) is 3.66. The van der Waals surface area contributed by atoms with Crippen molar-refractivity contribution in [2.75, 3.05) is 5.32 Å². The van der Waals surface area contributed by atoms with Gasteiger partial charge in [-0.25, -0.2) is 4.79 Å². The summed E-state index contributed by atoms with van der Waals surface area (Å²) >= 11 is 0. The first-order valence-electron chi connectivity index (χ1n) is 5.19. The zero-order valence-corrected chi connectivity index (χ0v) is 9.36.